The predicted octanol–water partition coefficient (Wildman–Crippen LogP) is 3.07. The maximum atomic E-state index is 9.29. The molecule has 0 unspecified atom stereocenters. The summed E-state index contributed by atoms with van der Waals surface area (Å²) >= 11 is 0. The van der Waals surface area contributed by atoms with E-state index < -0.39 is 0 Å². The first-order valence-corrected chi connectivity index (χ1v) is 6.19. The van der Waals surface area contributed by atoms with E-state index in [2.05, 4.69) is 19.1 Å². The van der Waals surface area contributed by atoms with Crippen molar-refractivity contribution in [2.45, 2.75) is 20.1 Å². The molecule has 0 saturated carbocycles. The summed E-state index contributed by atoms with van der Waals surface area (Å²) in [6.45, 7) is 2.48. The molecular weight excluding hydrogens is 240 g/mol. The summed E-state index contributed by atoms with van der Waals surface area (Å²) in [5, 5.41) is 9.29. The minimum Gasteiger partial charge on any atom is -0.497 e. The summed E-state index contributed by atoms with van der Waals surface area (Å²) in [5.41, 5.74) is 3.08. The first-order chi connectivity index (χ1) is 9.22. The molecule has 2 rings (SSSR count). The lowest BCUT2D eigenvalue weighted by Gasteiger charge is -2.12. The minimum absolute atomic E-state index is 0.0484. The highest BCUT2D eigenvalue weighted by Gasteiger charge is 2.05. The highest BCUT2D eigenvalue weighted by molar-refractivity contribution is 5.40. The second-order valence-electron chi connectivity index (χ2n) is 4.41. The van der Waals surface area contributed by atoms with Gasteiger partial charge in [-0.25, -0.2) is 0 Å². The zero-order valence-electron chi connectivity index (χ0n) is 11.2. The number of aliphatic hydroxyl groups is 1. The molecule has 0 fully saturated rings. The van der Waals surface area contributed by atoms with Crippen molar-refractivity contribution >= 4 is 0 Å². The molecule has 0 spiro atoms. The SMILES string of the molecule is COc1ccc(CO)c(OCc2ccc(C)cc2)c1. The van der Waals surface area contributed by atoms with Crippen LogP contribution in [0.1, 0.15) is 16.7 Å². The summed E-state index contributed by atoms with van der Waals surface area (Å²) in [7, 11) is 1.61. The van der Waals surface area contributed by atoms with Crippen LogP contribution in [-0.2, 0) is 13.2 Å². The predicted molar refractivity (Wildman–Crippen MR) is 74.4 cm³/mol. The summed E-state index contributed by atoms with van der Waals surface area (Å²) in [5.74, 6) is 1.37. The first kappa shape index (κ1) is 13.4. The molecule has 100 valence electrons. The molecule has 0 amide bonds. The van der Waals surface area contributed by atoms with E-state index >= 15 is 0 Å². The molecule has 2 aromatic carbocycles. The standard InChI is InChI=1S/C16H18O3/c1-12-3-5-13(6-4-12)11-19-16-9-15(18-2)8-7-14(16)10-17/h3-9,17H,10-11H2,1-2H3. The van der Waals surface area contributed by atoms with Gasteiger partial charge in [0.1, 0.15) is 18.1 Å². The number of aliphatic hydroxyl groups excluding tert-OH is 1. The Morgan fingerprint density at radius 3 is 2.42 bits per heavy atom. The Morgan fingerprint density at radius 1 is 1.05 bits per heavy atom. The quantitative estimate of drug-likeness (QED) is 0.895. The Kier molecular flexibility index (Phi) is 4.42. The van der Waals surface area contributed by atoms with Crippen LogP contribution in [0.3, 0.4) is 0 Å². The molecule has 0 radical (unpaired) electrons. The van der Waals surface area contributed by atoms with Gasteiger partial charge in [-0.2, -0.15) is 0 Å². The van der Waals surface area contributed by atoms with E-state index in [0.29, 0.717) is 12.4 Å². The lowest BCUT2D eigenvalue weighted by Crippen LogP contribution is -1.99. The number of hydrogen-bond donors (Lipinski definition) is 1. The third-order valence-electron chi connectivity index (χ3n) is 2.96. The van der Waals surface area contributed by atoms with Gasteiger partial charge in [0.15, 0.2) is 0 Å². The van der Waals surface area contributed by atoms with E-state index in [1.807, 2.05) is 24.3 Å². The maximum absolute atomic E-state index is 9.29. The van der Waals surface area contributed by atoms with Gasteiger partial charge in [-0.3, -0.25) is 0 Å². The molecular formula is C16H18O3. The van der Waals surface area contributed by atoms with Gasteiger partial charge in [-0.15, -0.1) is 0 Å². The molecule has 3 heteroatoms. The van der Waals surface area contributed by atoms with Gasteiger partial charge in [0.25, 0.3) is 0 Å². The van der Waals surface area contributed by atoms with Crippen LogP contribution in [0.5, 0.6) is 11.5 Å². The Labute approximate surface area is 113 Å². The van der Waals surface area contributed by atoms with Crippen molar-refractivity contribution < 1.29 is 14.6 Å². The molecule has 0 aliphatic heterocycles. The van der Waals surface area contributed by atoms with Gasteiger partial charge in [0.05, 0.1) is 13.7 Å². The van der Waals surface area contributed by atoms with Gasteiger partial charge >= 0.3 is 0 Å². The Balaban J connectivity index is 2.11. The molecule has 0 atom stereocenters. The first-order valence-electron chi connectivity index (χ1n) is 6.19. The second-order valence-corrected chi connectivity index (χ2v) is 4.41. The summed E-state index contributed by atoms with van der Waals surface area (Å²) in [6.07, 6.45) is 0. The van der Waals surface area contributed by atoms with Gasteiger partial charge < -0.3 is 14.6 Å². The Morgan fingerprint density at radius 2 is 1.79 bits per heavy atom. The van der Waals surface area contributed by atoms with Crippen LogP contribution < -0.4 is 9.47 Å². The van der Waals surface area contributed by atoms with Crippen LogP contribution in [-0.4, -0.2) is 12.2 Å². The lowest BCUT2D eigenvalue weighted by atomic mass is 10.1. The molecule has 0 aromatic heterocycles. The van der Waals surface area contributed by atoms with Gasteiger partial charge in [0.2, 0.25) is 0 Å². The fourth-order valence-corrected chi connectivity index (χ4v) is 1.77. The average molecular weight is 258 g/mol. The van der Waals surface area contributed by atoms with E-state index in [0.717, 1.165) is 16.9 Å². The molecule has 19 heavy (non-hydrogen) atoms. The number of aryl methyl sites for hydroxylation is 1. The lowest BCUT2D eigenvalue weighted by molar-refractivity contribution is 0.258. The maximum Gasteiger partial charge on any atom is 0.129 e. The van der Waals surface area contributed by atoms with Crippen LogP contribution >= 0.6 is 0 Å². The molecule has 0 aliphatic carbocycles. The van der Waals surface area contributed by atoms with Crippen molar-refractivity contribution in [3.05, 3.63) is 59.2 Å². The highest BCUT2D eigenvalue weighted by atomic mass is 16.5. The fraction of sp³-hybridized carbons (Fsp3) is 0.250. The molecule has 0 aliphatic rings. The van der Waals surface area contributed by atoms with Crippen LogP contribution in [0.15, 0.2) is 42.5 Å². The van der Waals surface area contributed by atoms with Gasteiger partial charge in [-0.1, -0.05) is 29.8 Å². The highest BCUT2D eigenvalue weighted by Crippen LogP contribution is 2.25. The normalized spacial score (nSPS) is 10.3. The molecule has 3 nitrogen and oxygen atoms in total. The van der Waals surface area contributed by atoms with Crippen LogP contribution in [0.2, 0.25) is 0 Å². The van der Waals surface area contributed by atoms with Crippen molar-refractivity contribution in [2.75, 3.05) is 7.11 Å². The van der Waals surface area contributed by atoms with E-state index in [-0.39, 0.29) is 6.61 Å². The summed E-state index contributed by atoms with van der Waals surface area (Å²) < 4.78 is 10.9. The van der Waals surface area contributed by atoms with Crippen LogP contribution in [0, 0.1) is 6.92 Å². The van der Waals surface area contributed by atoms with E-state index in [4.69, 9.17) is 9.47 Å². The smallest absolute Gasteiger partial charge is 0.129 e. The molecule has 0 saturated heterocycles. The number of benzene rings is 2. The van der Waals surface area contributed by atoms with Crippen molar-refractivity contribution in [3.63, 3.8) is 0 Å². The number of hydrogen-bond acceptors (Lipinski definition) is 3. The molecule has 2 aromatic rings. The van der Waals surface area contributed by atoms with Crippen molar-refractivity contribution in [1.82, 2.24) is 0 Å². The number of methoxy groups -OCH3 is 1. The van der Waals surface area contributed by atoms with Crippen molar-refractivity contribution in [2.24, 2.45) is 0 Å². The zero-order valence-corrected chi connectivity index (χ0v) is 11.2. The average Bonchev–Trinajstić information content (AvgIpc) is 2.46. The molecule has 0 heterocycles. The Bertz CT molecular complexity index is 532. The fourth-order valence-electron chi connectivity index (χ4n) is 1.77. The van der Waals surface area contributed by atoms with Crippen molar-refractivity contribution in [1.29, 1.82) is 0 Å². The summed E-state index contributed by atoms with van der Waals surface area (Å²) in [4.78, 5) is 0. The minimum atomic E-state index is -0.0484. The number of rotatable bonds is 5. The van der Waals surface area contributed by atoms with E-state index in [1.54, 1.807) is 13.2 Å². The summed E-state index contributed by atoms with van der Waals surface area (Å²) in [6, 6.07) is 13.6. The second kappa shape index (κ2) is 6.25. The van der Waals surface area contributed by atoms with Gasteiger partial charge in [-0.05, 0) is 24.6 Å². The largest absolute Gasteiger partial charge is 0.497 e. The van der Waals surface area contributed by atoms with Crippen LogP contribution in [0.4, 0.5) is 0 Å². The third-order valence-corrected chi connectivity index (χ3v) is 2.96. The van der Waals surface area contributed by atoms with Crippen molar-refractivity contribution in [3.8, 4) is 11.5 Å². The van der Waals surface area contributed by atoms with Crippen LogP contribution in [0.25, 0.3) is 0 Å². The zero-order chi connectivity index (χ0) is 13.7. The Hall–Kier alpha value is -2.00. The third kappa shape index (κ3) is 3.48. The number of ether oxygens (including phenoxy) is 2. The van der Waals surface area contributed by atoms with E-state index in [9.17, 15) is 5.11 Å². The molecule has 0 bridgehead atoms. The van der Waals surface area contributed by atoms with E-state index in [1.165, 1.54) is 5.56 Å². The monoisotopic (exact) mass is 258 g/mol. The van der Waals surface area contributed by atoms with Gasteiger partial charge in [0, 0.05) is 11.6 Å². The molecule has 1 N–H and O–H groups in total. The topological polar surface area (TPSA) is 38.7 Å².